The molecule has 0 heterocycles. The molecule has 0 saturated heterocycles. The number of ether oxygens (including phenoxy) is 1. The summed E-state index contributed by atoms with van der Waals surface area (Å²) in [5.74, 6) is 0.543. The van der Waals surface area contributed by atoms with Crippen LogP contribution in [0.25, 0.3) is 0 Å². The van der Waals surface area contributed by atoms with E-state index in [0.717, 1.165) is 6.42 Å². The summed E-state index contributed by atoms with van der Waals surface area (Å²) in [6, 6.07) is -0.414. The number of alkyl carbamates (subject to hydrolysis) is 1. The van der Waals surface area contributed by atoms with E-state index in [-0.39, 0.29) is 11.3 Å². The normalized spacial score (nSPS) is 16.1. The Bertz CT molecular complexity index is 615. The lowest BCUT2D eigenvalue weighted by molar-refractivity contribution is 0.0320. The van der Waals surface area contributed by atoms with Gasteiger partial charge in [-0.3, -0.25) is 0 Å². The molecule has 0 aliphatic heterocycles. The maximum atomic E-state index is 12.6. The minimum atomic E-state index is -1.93. The number of hydrogen-bond donors (Lipinski definition) is 2. The molecule has 5 nitrogen and oxygen atoms in total. The summed E-state index contributed by atoms with van der Waals surface area (Å²) in [5.41, 5.74) is 0.902. The Kier molecular flexibility index (Phi) is 13.8. The van der Waals surface area contributed by atoms with Crippen molar-refractivity contribution in [2.24, 2.45) is 17.3 Å². The Morgan fingerprint density at radius 1 is 0.971 bits per heavy atom. The van der Waals surface area contributed by atoms with Crippen molar-refractivity contribution in [1.82, 2.24) is 5.32 Å². The van der Waals surface area contributed by atoms with Crippen LogP contribution in [0.2, 0.25) is 16.6 Å². The van der Waals surface area contributed by atoms with Gasteiger partial charge in [0.25, 0.3) is 0 Å². The van der Waals surface area contributed by atoms with Crippen LogP contribution in [-0.2, 0) is 9.16 Å². The van der Waals surface area contributed by atoms with Crippen LogP contribution in [0.5, 0.6) is 0 Å². The second kappa shape index (κ2) is 14.2. The molecule has 0 aromatic heterocycles. The average molecular weight is 514 g/mol. The molecule has 1 amide bonds. The summed E-state index contributed by atoms with van der Waals surface area (Å²) in [7, 11) is -1.93. The fourth-order valence-electron chi connectivity index (χ4n) is 5.53. The van der Waals surface area contributed by atoms with E-state index in [1.807, 2.05) is 26.8 Å². The van der Waals surface area contributed by atoms with Crippen molar-refractivity contribution >= 4 is 14.4 Å². The Morgan fingerprint density at radius 2 is 1.46 bits per heavy atom. The predicted octanol–water partition coefficient (Wildman–Crippen LogP) is 8.09. The minimum absolute atomic E-state index is 0.132. The SMILES string of the molecule is C=CC(C[C@H](O)[C@H](CC(C)(C)CCO[Si](C(C)C)(C(C)C)C(C)C)NC(=O)OC(C)(C)C)C(C)C. The van der Waals surface area contributed by atoms with Crippen LogP contribution in [0.15, 0.2) is 12.7 Å². The third kappa shape index (κ3) is 11.4. The van der Waals surface area contributed by atoms with Crippen LogP contribution in [0.3, 0.4) is 0 Å². The molecule has 0 spiro atoms. The van der Waals surface area contributed by atoms with Crippen LogP contribution in [0, 0.1) is 17.3 Å². The first-order valence-electron chi connectivity index (χ1n) is 13.7. The maximum Gasteiger partial charge on any atom is 0.407 e. The molecular weight excluding hydrogens is 454 g/mol. The van der Waals surface area contributed by atoms with Gasteiger partial charge in [0.2, 0.25) is 0 Å². The monoisotopic (exact) mass is 513 g/mol. The summed E-state index contributed by atoms with van der Waals surface area (Å²) in [6.45, 7) is 32.7. The van der Waals surface area contributed by atoms with Crippen LogP contribution in [0.4, 0.5) is 4.79 Å². The van der Waals surface area contributed by atoms with Crippen molar-refractivity contribution in [3.05, 3.63) is 12.7 Å². The molecule has 0 radical (unpaired) electrons. The molecule has 1 unspecified atom stereocenters. The first-order chi connectivity index (χ1) is 15.8. The average Bonchev–Trinajstić information content (AvgIpc) is 2.65. The van der Waals surface area contributed by atoms with E-state index in [4.69, 9.17) is 9.16 Å². The van der Waals surface area contributed by atoms with Crippen molar-refractivity contribution < 1.29 is 19.1 Å². The van der Waals surface area contributed by atoms with E-state index in [1.54, 1.807) is 0 Å². The summed E-state index contributed by atoms with van der Waals surface area (Å²) < 4.78 is 12.3. The molecule has 0 saturated carbocycles. The molecule has 2 N–H and O–H groups in total. The summed E-state index contributed by atoms with van der Waals surface area (Å²) >= 11 is 0. The summed E-state index contributed by atoms with van der Waals surface area (Å²) in [4.78, 5) is 12.6. The zero-order chi connectivity index (χ0) is 27.8. The first-order valence-corrected chi connectivity index (χ1v) is 15.9. The molecule has 0 aromatic carbocycles. The lowest BCUT2D eigenvalue weighted by Gasteiger charge is -2.43. The number of aliphatic hydroxyl groups is 1. The van der Waals surface area contributed by atoms with Gasteiger partial charge in [-0.15, -0.1) is 6.58 Å². The van der Waals surface area contributed by atoms with Gasteiger partial charge in [0.15, 0.2) is 8.32 Å². The van der Waals surface area contributed by atoms with Gasteiger partial charge in [-0.05, 0) is 73.9 Å². The van der Waals surface area contributed by atoms with Crippen molar-refractivity contribution in [3.8, 4) is 0 Å². The van der Waals surface area contributed by atoms with E-state index in [0.29, 0.717) is 42.0 Å². The lowest BCUT2D eigenvalue weighted by atomic mass is 9.79. The molecule has 0 aliphatic carbocycles. The highest BCUT2D eigenvalue weighted by Crippen LogP contribution is 2.43. The predicted molar refractivity (Wildman–Crippen MR) is 152 cm³/mol. The van der Waals surface area contributed by atoms with Crippen LogP contribution < -0.4 is 5.32 Å². The van der Waals surface area contributed by atoms with Crippen molar-refractivity contribution in [1.29, 1.82) is 0 Å². The molecule has 0 aromatic rings. The standard InChI is InChI=1S/C29H59NO4Si/c1-15-24(20(2)3)18-26(31)25(30-27(32)34-28(10,11)12)19-29(13,14)16-17-33-35(21(4)5,22(6)7)23(8)9/h15,20-26,31H,1,16-19H2,2-14H3,(H,30,32)/t24?,25-,26-/m0/s1. The Labute approximate surface area is 219 Å². The lowest BCUT2D eigenvalue weighted by Crippen LogP contribution is -2.49. The van der Waals surface area contributed by atoms with Gasteiger partial charge in [-0.25, -0.2) is 4.79 Å². The van der Waals surface area contributed by atoms with Gasteiger partial charge in [0.1, 0.15) is 5.60 Å². The van der Waals surface area contributed by atoms with E-state index in [1.165, 1.54) is 0 Å². The number of amides is 1. The highest BCUT2D eigenvalue weighted by atomic mass is 28.4. The van der Waals surface area contributed by atoms with Gasteiger partial charge in [-0.2, -0.15) is 0 Å². The zero-order valence-corrected chi connectivity index (χ0v) is 26.3. The number of hydrogen-bond acceptors (Lipinski definition) is 4. The summed E-state index contributed by atoms with van der Waals surface area (Å²) in [6.07, 6.45) is 2.78. The quantitative estimate of drug-likeness (QED) is 0.171. The van der Waals surface area contributed by atoms with Crippen LogP contribution >= 0.6 is 0 Å². The zero-order valence-electron chi connectivity index (χ0n) is 25.3. The molecule has 6 heteroatoms. The first kappa shape index (κ1) is 34.1. The Balaban J connectivity index is 5.57. The topological polar surface area (TPSA) is 67.8 Å². The largest absolute Gasteiger partial charge is 0.444 e. The maximum absolute atomic E-state index is 12.6. The van der Waals surface area contributed by atoms with E-state index in [2.05, 4.69) is 81.1 Å². The number of allylic oxidation sites excluding steroid dienone is 1. The highest BCUT2D eigenvalue weighted by Gasteiger charge is 2.45. The van der Waals surface area contributed by atoms with Crippen molar-refractivity contribution in [2.45, 2.75) is 144 Å². The smallest absolute Gasteiger partial charge is 0.407 e. The van der Waals surface area contributed by atoms with Gasteiger partial charge in [0.05, 0.1) is 12.1 Å². The summed E-state index contributed by atoms with van der Waals surface area (Å²) in [5, 5.41) is 14.2. The van der Waals surface area contributed by atoms with Gasteiger partial charge < -0.3 is 19.6 Å². The fourth-order valence-corrected chi connectivity index (χ4v) is 11.0. The van der Waals surface area contributed by atoms with Crippen molar-refractivity contribution in [2.75, 3.05) is 6.61 Å². The highest BCUT2D eigenvalue weighted by molar-refractivity contribution is 6.77. The molecular formula is C29H59NO4Si. The third-order valence-corrected chi connectivity index (χ3v) is 13.6. The number of carbonyl (C=O) groups excluding carboxylic acids is 1. The number of aliphatic hydroxyl groups excluding tert-OH is 1. The van der Waals surface area contributed by atoms with Gasteiger partial charge in [-0.1, -0.05) is 75.3 Å². The number of nitrogens with one attached hydrogen (secondary N) is 1. The van der Waals surface area contributed by atoms with Crippen LogP contribution in [0.1, 0.15) is 109 Å². The van der Waals surface area contributed by atoms with E-state index in [9.17, 15) is 9.90 Å². The number of carbonyl (C=O) groups is 1. The molecule has 0 aliphatic rings. The molecule has 0 rings (SSSR count). The minimum Gasteiger partial charge on any atom is -0.444 e. The van der Waals surface area contributed by atoms with E-state index >= 15 is 0 Å². The molecule has 0 bridgehead atoms. The second-order valence-electron chi connectivity index (χ2n) is 13.5. The molecule has 35 heavy (non-hydrogen) atoms. The molecule has 3 atom stereocenters. The van der Waals surface area contributed by atoms with E-state index < -0.39 is 32.2 Å². The fraction of sp³-hybridized carbons (Fsp3) is 0.897. The van der Waals surface area contributed by atoms with Gasteiger partial charge >= 0.3 is 6.09 Å². The molecule has 208 valence electrons. The third-order valence-electron chi connectivity index (χ3n) is 7.45. The second-order valence-corrected chi connectivity index (χ2v) is 18.9. The van der Waals surface area contributed by atoms with Crippen molar-refractivity contribution in [3.63, 3.8) is 0 Å². The Morgan fingerprint density at radius 3 is 1.83 bits per heavy atom. The molecule has 0 fully saturated rings. The Hall–Kier alpha value is -0.853. The van der Waals surface area contributed by atoms with Crippen LogP contribution in [-0.4, -0.2) is 43.9 Å². The van der Waals surface area contributed by atoms with Gasteiger partial charge in [0, 0.05) is 6.61 Å². The number of rotatable bonds is 15.